The molecule has 0 unspecified atom stereocenters. The van der Waals surface area contributed by atoms with Gasteiger partial charge in [0, 0.05) is 11.4 Å². The van der Waals surface area contributed by atoms with Gasteiger partial charge >= 0.3 is 0 Å². The highest BCUT2D eigenvalue weighted by Gasteiger charge is 2.19. The highest BCUT2D eigenvalue weighted by atomic mass is 32.2. The Balaban J connectivity index is 1.66. The summed E-state index contributed by atoms with van der Waals surface area (Å²) in [7, 11) is -3.85. The summed E-state index contributed by atoms with van der Waals surface area (Å²) in [5.41, 5.74) is 1.72. The molecule has 0 aliphatic heterocycles. The molecule has 6 nitrogen and oxygen atoms in total. The van der Waals surface area contributed by atoms with Crippen molar-refractivity contribution in [2.45, 2.75) is 31.3 Å². The van der Waals surface area contributed by atoms with E-state index >= 15 is 0 Å². The molecule has 0 fully saturated rings. The molecule has 162 valence electrons. The molecule has 3 aromatic rings. The molecule has 3 rings (SSSR count). The highest BCUT2D eigenvalue weighted by molar-refractivity contribution is 7.92. The number of anilines is 2. The minimum Gasteiger partial charge on any atom is -0.481 e. The Morgan fingerprint density at radius 3 is 2.26 bits per heavy atom. The van der Waals surface area contributed by atoms with Crippen LogP contribution in [0.5, 0.6) is 5.75 Å². The van der Waals surface area contributed by atoms with Gasteiger partial charge in [0.25, 0.3) is 15.9 Å². The van der Waals surface area contributed by atoms with Gasteiger partial charge in [0.2, 0.25) is 0 Å². The fourth-order valence-electron chi connectivity index (χ4n) is 2.85. The van der Waals surface area contributed by atoms with Gasteiger partial charge in [0.1, 0.15) is 11.6 Å². The maximum absolute atomic E-state index is 13.0. The summed E-state index contributed by atoms with van der Waals surface area (Å²) in [6.07, 6.45) is -0.223. The van der Waals surface area contributed by atoms with Gasteiger partial charge in [-0.3, -0.25) is 9.52 Å². The Morgan fingerprint density at radius 1 is 1.00 bits per heavy atom. The van der Waals surface area contributed by atoms with E-state index in [0.29, 0.717) is 17.9 Å². The van der Waals surface area contributed by atoms with Crippen LogP contribution in [0.25, 0.3) is 0 Å². The van der Waals surface area contributed by atoms with Crippen molar-refractivity contribution in [1.29, 1.82) is 0 Å². The Labute approximate surface area is 181 Å². The van der Waals surface area contributed by atoms with E-state index < -0.39 is 21.9 Å². The number of amides is 1. The van der Waals surface area contributed by atoms with Gasteiger partial charge in [0.05, 0.1) is 4.90 Å². The number of hydrogen-bond acceptors (Lipinski definition) is 4. The Hall–Kier alpha value is -3.39. The third kappa shape index (κ3) is 6.05. The average molecular weight is 443 g/mol. The molecule has 8 heteroatoms. The van der Waals surface area contributed by atoms with Crippen LogP contribution in [-0.2, 0) is 14.8 Å². The normalized spacial score (nSPS) is 12.1. The number of carbonyl (C=O) groups is 1. The number of hydrogen-bond donors (Lipinski definition) is 2. The number of ether oxygens (including phenoxy) is 1. The molecule has 0 heterocycles. The van der Waals surface area contributed by atoms with Gasteiger partial charge in [-0.25, -0.2) is 12.8 Å². The van der Waals surface area contributed by atoms with Crippen molar-refractivity contribution in [1.82, 2.24) is 0 Å². The first-order chi connectivity index (χ1) is 14.8. The van der Waals surface area contributed by atoms with E-state index in [1.807, 2.05) is 32.0 Å². The molecule has 0 aliphatic rings. The van der Waals surface area contributed by atoms with E-state index in [-0.39, 0.29) is 16.5 Å². The third-order valence-electron chi connectivity index (χ3n) is 4.46. The van der Waals surface area contributed by atoms with Crippen LogP contribution >= 0.6 is 0 Å². The van der Waals surface area contributed by atoms with E-state index in [9.17, 15) is 17.6 Å². The largest absolute Gasteiger partial charge is 0.481 e. The minimum atomic E-state index is -3.85. The number of rotatable bonds is 8. The molecular weight excluding hydrogens is 419 g/mol. The van der Waals surface area contributed by atoms with E-state index in [0.717, 1.165) is 5.56 Å². The average Bonchev–Trinajstić information content (AvgIpc) is 2.74. The molecule has 0 radical (unpaired) electrons. The van der Waals surface area contributed by atoms with Crippen LogP contribution < -0.4 is 14.8 Å². The minimum absolute atomic E-state index is 0.0119. The van der Waals surface area contributed by atoms with E-state index in [4.69, 9.17) is 4.74 Å². The van der Waals surface area contributed by atoms with Crippen LogP contribution in [-0.4, -0.2) is 20.4 Å². The van der Waals surface area contributed by atoms with Crippen molar-refractivity contribution < 1.29 is 22.3 Å². The second-order valence-electron chi connectivity index (χ2n) is 6.96. The number of halogens is 1. The predicted molar refractivity (Wildman–Crippen MR) is 118 cm³/mol. The number of aryl methyl sites for hydroxylation is 1. The first kappa shape index (κ1) is 22.3. The van der Waals surface area contributed by atoms with Crippen molar-refractivity contribution in [3.63, 3.8) is 0 Å². The standard InChI is InChI=1S/C23H23FN2O4S/c1-3-22(30-20-6-4-5-16(2)15-20)23(27)25-18-11-13-21(14-12-18)31(28,29)26-19-9-7-17(24)8-10-19/h4-15,22,26H,3H2,1-2H3,(H,25,27)/t22-/m1/s1. The molecule has 1 amide bonds. The molecule has 0 aromatic heterocycles. The summed E-state index contributed by atoms with van der Waals surface area (Å²) in [5, 5.41) is 2.74. The molecule has 0 aliphatic carbocycles. The summed E-state index contributed by atoms with van der Waals surface area (Å²) in [6.45, 7) is 3.78. The summed E-state index contributed by atoms with van der Waals surface area (Å²) >= 11 is 0. The maximum atomic E-state index is 13.0. The van der Waals surface area contributed by atoms with E-state index in [1.54, 1.807) is 6.07 Å². The molecule has 0 spiro atoms. The number of sulfonamides is 1. The van der Waals surface area contributed by atoms with Gasteiger partial charge in [0.15, 0.2) is 6.10 Å². The zero-order valence-electron chi connectivity index (χ0n) is 17.1. The molecule has 1 atom stereocenters. The van der Waals surface area contributed by atoms with Crippen LogP contribution in [0.3, 0.4) is 0 Å². The smallest absolute Gasteiger partial charge is 0.265 e. The molecule has 2 N–H and O–H groups in total. The second-order valence-corrected chi connectivity index (χ2v) is 8.64. The Morgan fingerprint density at radius 2 is 1.65 bits per heavy atom. The molecular formula is C23H23FN2O4S. The van der Waals surface area contributed by atoms with Crippen molar-refractivity contribution >= 4 is 27.3 Å². The lowest BCUT2D eigenvalue weighted by atomic mass is 10.2. The monoisotopic (exact) mass is 442 g/mol. The first-order valence-corrected chi connectivity index (χ1v) is 11.2. The van der Waals surface area contributed by atoms with Crippen LogP contribution in [0.2, 0.25) is 0 Å². The van der Waals surface area contributed by atoms with Gasteiger partial charge in [-0.15, -0.1) is 0 Å². The molecule has 31 heavy (non-hydrogen) atoms. The van der Waals surface area contributed by atoms with E-state index in [1.165, 1.54) is 48.5 Å². The summed E-state index contributed by atoms with van der Waals surface area (Å²) in [4.78, 5) is 12.6. The van der Waals surface area contributed by atoms with Gasteiger partial charge < -0.3 is 10.1 Å². The predicted octanol–water partition coefficient (Wildman–Crippen LogP) is 4.73. The zero-order chi connectivity index (χ0) is 22.4. The summed E-state index contributed by atoms with van der Waals surface area (Å²) in [5.74, 6) is -0.181. The van der Waals surface area contributed by atoms with Crippen LogP contribution in [0.4, 0.5) is 15.8 Å². The van der Waals surface area contributed by atoms with Gasteiger partial charge in [-0.1, -0.05) is 19.1 Å². The number of nitrogens with one attached hydrogen (secondary N) is 2. The van der Waals surface area contributed by atoms with Crippen molar-refractivity contribution in [2.75, 3.05) is 10.0 Å². The van der Waals surface area contributed by atoms with Crippen molar-refractivity contribution in [3.05, 3.63) is 84.2 Å². The quantitative estimate of drug-likeness (QED) is 0.528. The fraction of sp³-hybridized carbons (Fsp3) is 0.174. The lowest BCUT2D eigenvalue weighted by molar-refractivity contribution is -0.122. The fourth-order valence-corrected chi connectivity index (χ4v) is 3.91. The number of benzene rings is 3. The van der Waals surface area contributed by atoms with E-state index in [2.05, 4.69) is 10.0 Å². The Kier molecular flexibility index (Phi) is 6.91. The van der Waals surface area contributed by atoms with Crippen LogP contribution in [0, 0.1) is 12.7 Å². The van der Waals surface area contributed by atoms with Crippen molar-refractivity contribution in [3.8, 4) is 5.75 Å². The SMILES string of the molecule is CC[C@@H](Oc1cccc(C)c1)C(=O)Nc1ccc(S(=O)(=O)Nc2ccc(F)cc2)cc1. The first-order valence-electron chi connectivity index (χ1n) is 9.69. The Bertz CT molecular complexity index is 1150. The molecule has 0 bridgehead atoms. The molecule has 0 saturated carbocycles. The van der Waals surface area contributed by atoms with Gasteiger partial charge in [-0.2, -0.15) is 0 Å². The topological polar surface area (TPSA) is 84.5 Å². The van der Waals surface area contributed by atoms with Gasteiger partial charge in [-0.05, 0) is 79.6 Å². The lowest BCUT2D eigenvalue weighted by Crippen LogP contribution is -2.32. The van der Waals surface area contributed by atoms with Crippen LogP contribution in [0.15, 0.2) is 77.7 Å². The second kappa shape index (κ2) is 9.61. The summed E-state index contributed by atoms with van der Waals surface area (Å²) in [6, 6.07) is 18.2. The highest BCUT2D eigenvalue weighted by Crippen LogP contribution is 2.20. The number of carbonyl (C=O) groups excluding carboxylic acids is 1. The molecule has 3 aromatic carbocycles. The molecule has 0 saturated heterocycles. The lowest BCUT2D eigenvalue weighted by Gasteiger charge is -2.18. The zero-order valence-corrected chi connectivity index (χ0v) is 17.9. The van der Waals surface area contributed by atoms with Crippen molar-refractivity contribution in [2.24, 2.45) is 0 Å². The third-order valence-corrected chi connectivity index (χ3v) is 5.86. The van der Waals surface area contributed by atoms with Crippen LogP contribution in [0.1, 0.15) is 18.9 Å². The summed E-state index contributed by atoms with van der Waals surface area (Å²) < 4.78 is 46.1. The maximum Gasteiger partial charge on any atom is 0.265 e.